The van der Waals surface area contributed by atoms with Gasteiger partial charge in [-0.1, -0.05) is 42.1 Å². The molecule has 0 atom stereocenters. The Labute approximate surface area is 147 Å². The maximum atomic E-state index is 12.1. The van der Waals surface area contributed by atoms with Crippen molar-refractivity contribution in [1.29, 1.82) is 0 Å². The van der Waals surface area contributed by atoms with Crippen LogP contribution in [-0.4, -0.2) is 33.0 Å². The standard InChI is InChI=1S/C18H24N4OS/c1-13(2)22-17(15-8-9-15)20-21-18(22)24-12-16(23)19-11-10-14-6-4-3-5-7-14/h3-7,13,15H,8-12H2,1-2H3,(H,19,23). The Morgan fingerprint density at radius 1 is 1.29 bits per heavy atom. The zero-order valence-electron chi connectivity index (χ0n) is 14.2. The van der Waals surface area contributed by atoms with Crippen molar-refractivity contribution in [2.45, 2.75) is 50.2 Å². The van der Waals surface area contributed by atoms with Gasteiger partial charge in [-0.25, -0.2) is 0 Å². The number of thioether (sulfide) groups is 1. The zero-order chi connectivity index (χ0) is 16.9. The van der Waals surface area contributed by atoms with Crippen LogP contribution in [-0.2, 0) is 11.2 Å². The SMILES string of the molecule is CC(C)n1c(SCC(=O)NCCc2ccccc2)nnc1C1CC1. The van der Waals surface area contributed by atoms with Crippen LogP contribution in [0, 0.1) is 0 Å². The molecule has 1 N–H and O–H groups in total. The Morgan fingerprint density at radius 3 is 2.71 bits per heavy atom. The van der Waals surface area contributed by atoms with Crippen LogP contribution < -0.4 is 5.32 Å². The third-order valence-electron chi connectivity index (χ3n) is 4.06. The highest BCUT2D eigenvalue weighted by atomic mass is 32.2. The molecule has 3 rings (SSSR count). The molecule has 5 nitrogen and oxygen atoms in total. The average Bonchev–Trinajstić information content (AvgIpc) is 3.33. The van der Waals surface area contributed by atoms with E-state index < -0.39 is 0 Å². The van der Waals surface area contributed by atoms with Gasteiger partial charge in [-0.05, 0) is 38.7 Å². The van der Waals surface area contributed by atoms with E-state index in [9.17, 15) is 4.79 Å². The number of nitrogens with one attached hydrogen (secondary N) is 1. The molecule has 1 aromatic heterocycles. The first kappa shape index (κ1) is 17.0. The van der Waals surface area contributed by atoms with E-state index in [1.165, 1.54) is 30.2 Å². The number of hydrogen-bond acceptors (Lipinski definition) is 4. The van der Waals surface area contributed by atoms with Crippen molar-refractivity contribution >= 4 is 17.7 Å². The van der Waals surface area contributed by atoms with Crippen molar-refractivity contribution in [2.24, 2.45) is 0 Å². The van der Waals surface area contributed by atoms with Gasteiger partial charge in [0.15, 0.2) is 5.16 Å². The third kappa shape index (κ3) is 4.38. The second-order valence-electron chi connectivity index (χ2n) is 6.45. The molecule has 1 aliphatic carbocycles. The second kappa shape index (κ2) is 7.83. The summed E-state index contributed by atoms with van der Waals surface area (Å²) < 4.78 is 2.18. The molecule has 0 saturated heterocycles. The lowest BCUT2D eigenvalue weighted by atomic mass is 10.1. The van der Waals surface area contributed by atoms with Crippen molar-refractivity contribution in [1.82, 2.24) is 20.1 Å². The molecule has 2 aromatic rings. The number of carbonyl (C=O) groups is 1. The quantitative estimate of drug-likeness (QED) is 0.747. The first-order valence-electron chi connectivity index (χ1n) is 8.53. The molecule has 1 amide bonds. The van der Waals surface area contributed by atoms with Crippen LogP contribution in [0.4, 0.5) is 0 Å². The third-order valence-corrected chi connectivity index (χ3v) is 5.00. The van der Waals surface area contributed by atoms with Crippen LogP contribution in [0.5, 0.6) is 0 Å². The highest BCUT2D eigenvalue weighted by Gasteiger charge is 2.31. The van der Waals surface area contributed by atoms with Gasteiger partial charge in [0.25, 0.3) is 0 Å². The summed E-state index contributed by atoms with van der Waals surface area (Å²) in [6, 6.07) is 10.5. The van der Waals surface area contributed by atoms with Gasteiger partial charge >= 0.3 is 0 Å². The molecule has 0 unspecified atom stereocenters. The summed E-state index contributed by atoms with van der Waals surface area (Å²) >= 11 is 1.47. The van der Waals surface area contributed by atoms with E-state index in [-0.39, 0.29) is 5.91 Å². The lowest BCUT2D eigenvalue weighted by Gasteiger charge is -2.13. The number of benzene rings is 1. The lowest BCUT2D eigenvalue weighted by Crippen LogP contribution is -2.27. The highest BCUT2D eigenvalue weighted by molar-refractivity contribution is 7.99. The highest BCUT2D eigenvalue weighted by Crippen LogP contribution is 2.41. The number of hydrogen-bond donors (Lipinski definition) is 1. The first-order valence-corrected chi connectivity index (χ1v) is 9.52. The maximum absolute atomic E-state index is 12.1. The molecule has 0 aliphatic heterocycles. The summed E-state index contributed by atoms with van der Waals surface area (Å²) in [5, 5.41) is 12.5. The van der Waals surface area contributed by atoms with Gasteiger partial charge < -0.3 is 9.88 Å². The average molecular weight is 344 g/mol. The van der Waals surface area contributed by atoms with Crippen molar-refractivity contribution < 1.29 is 4.79 Å². The van der Waals surface area contributed by atoms with E-state index in [0.29, 0.717) is 24.3 Å². The Balaban J connectivity index is 1.48. The van der Waals surface area contributed by atoms with Crippen molar-refractivity contribution in [3.05, 3.63) is 41.7 Å². The van der Waals surface area contributed by atoms with Crippen molar-refractivity contribution in [3.8, 4) is 0 Å². The molecule has 1 fully saturated rings. The van der Waals surface area contributed by atoms with Crippen LogP contribution in [0.25, 0.3) is 0 Å². The fourth-order valence-corrected chi connectivity index (χ4v) is 3.57. The van der Waals surface area contributed by atoms with Gasteiger partial charge in [-0.15, -0.1) is 10.2 Å². The molecule has 24 heavy (non-hydrogen) atoms. The van der Waals surface area contributed by atoms with E-state index in [1.54, 1.807) is 0 Å². The number of carbonyl (C=O) groups excluding carboxylic acids is 1. The van der Waals surface area contributed by atoms with Crippen LogP contribution in [0.2, 0.25) is 0 Å². The van der Waals surface area contributed by atoms with E-state index >= 15 is 0 Å². The molecular weight excluding hydrogens is 320 g/mol. The van der Waals surface area contributed by atoms with Crippen LogP contribution in [0.3, 0.4) is 0 Å². The molecule has 6 heteroatoms. The van der Waals surface area contributed by atoms with Gasteiger partial charge in [-0.3, -0.25) is 4.79 Å². The Morgan fingerprint density at radius 2 is 2.04 bits per heavy atom. The molecule has 1 saturated carbocycles. The summed E-state index contributed by atoms with van der Waals surface area (Å²) in [4.78, 5) is 12.1. The Bertz CT molecular complexity index is 680. The number of rotatable bonds is 8. The van der Waals surface area contributed by atoms with E-state index in [1.807, 2.05) is 18.2 Å². The molecule has 0 spiro atoms. The predicted molar refractivity (Wildman–Crippen MR) is 96.3 cm³/mol. The minimum atomic E-state index is 0.0437. The second-order valence-corrected chi connectivity index (χ2v) is 7.40. The van der Waals surface area contributed by atoms with E-state index in [0.717, 1.165) is 17.4 Å². The van der Waals surface area contributed by atoms with Gasteiger partial charge in [0, 0.05) is 18.5 Å². The fraction of sp³-hybridized carbons (Fsp3) is 0.500. The Kier molecular flexibility index (Phi) is 5.56. The zero-order valence-corrected chi connectivity index (χ0v) is 15.1. The largest absolute Gasteiger partial charge is 0.355 e. The minimum absolute atomic E-state index is 0.0437. The lowest BCUT2D eigenvalue weighted by molar-refractivity contribution is -0.118. The number of nitrogens with zero attached hydrogens (tertiary/aromatic N) is 3. The molecule has 1 heterocycles. The summed E-state index contributed by atoms with van der Waals surface area (Å²) in [6.07, 6.45) is 3.26. The molecule has 1 aliphatic rings. The Hall–Kier alpha value is -1.82. The molecule has 0 radical (unpaired) electrons. The van der Waals surface area contributed by atoms with Gasteiger partial charge in [-0.2, -0.15) is 0 Å². The first-order chi connectivity index (χ1) is 11.6. The topological polar surface area (TPSA) is 59.8 Å². The predicted octanol–water partition coefficient (Wildman–Crippen LogP) is 3.19. The maximum Gasteiger partial charge on any atom is 0.230 e. The number of amides is 1. The number of aromatic nitrogens is 3. The van der Waals surface area contributed by atoms with E-state index in [2.05, 4.69) is 46.1 Å². The monoisotopic (exact) mass is 344 g/mol. The molecule has 128 valence electrons. The summed E-state index contributed by atoms with van der Waals surface area (Å²) in [6.45, 7) is 4.94. The summed E-state index contributed by atoms with van der Waals surface area (Å²) in [5.74, 6) is 2.07. The molecule has 0 bridgehead atoms. The van der Waals surface area contributed by atoms with Crippen LogP contribution in [0.1, 0.15) is 50.0 Å². The molecular formula is C18H24N4OS. The normalized spacial score (nSPS) is 14.1. The van der Waals surface area contributed by atoms with E-state index in [4.69, 9.17) is 0 Å². The summed E-state index contributed by atoms with van der Waals surface area (Å²) in [7, 11) is 0. The summed E-state index contributed by atoms with van der Waals surface area (Å²) in [5.41, 5.74) is 1.24. The van der Waals surface area contributed by atoms with Crippen LogP contribution >= 0.6 is 11.8 Å². The molecule has 1 aromatic carbocycles. The van der Waals surface area contributed by atoms with Gasteiger partial charge in [0.2, 0.25) is 5.91 Å². The fourth-order valence-electron chi connectivity index (χ4n) is 2.66. The van der Waals surface area contributed by atoms with Crippen molar-refractivity contribution in [3.63, 3.8) is 0 Å². The minimum Gasteiger partial charge on any atom is -0.355 e. The van der Waals surface area contributed by atoms with Crippen molar-refractivity contribution in [2.75, 3.05) is 12.3 Å². The van der Waals surface area contributed by atoms with Crippen LogP contribution in [0.15, 0.2) is 35.5 Å². The van der Waals surface area contributed by atoms with Gasteiger partial charge in [0.1, 0.15) is 5.82 Å². The van der Waals surface area contributed by atoms with Gasteiger partial charge in [0.05, 0.1) is 5.75 Å². The smallest absolute Gasteiger partial charge is 0.230 e.